The Labute approximate surface area is 108 Å². The van der Waals surface area contributed by atoms with Gasteiger partial charge in [-0.05, 0) is 31.5 Å². The number of nitrogens with two attached hydrogens (primary N) is 1. The Morgan fingerprint density at radius 3 is 2.12 bits per heavy atom. The molecule has 1 unspecified atom stereocenters. The quantitative estimate of drug-likeness (QED) is 0.432. The Kier molecular flexibility index (Phi) is 11.3. The minimum absolute atomic E-state index is 0.739. The van der Waals surface area contributed by atoms with E-state index in [0.717, 1.165) is 38.1 Å². The normalized spacial score (nSPS) is 14.8. The molecule has 0 heterocycles. The van der Waals surface area contributed by atoms with Crippen LogP contribution in [0, 0.1) is 0 Å². The van der Waals surface area contributed by atoms with Crippen LogP contribution >= 0.6 is 0 Å². The van der Waals surface area contributed by atoms with Crippen molar-refractivity contribution in [3.8, 4) is 0 Å². The minimum atomic E-state index is -1.94. The molecule has 0 spiro atoms. The fourth-order valence-corrected chi connectivity index (χ4v) is 5.18. The van der Waals surface area contributed by atoms with Crippen LogP contribution in [0.1, 0.15) is 52.4 Å². The summed E-state index contributed by atoms with van der Waals surface area (Å²) in [5.41, 5.74) is 5.61. The van der Waals surface area contributed by atoms with Crippen molar-refractivity contribution < 1.29 is 8.85 Å². The van der Waals surface area contributed by atoms with Crippen molar-refractivity contribution in [3.05, 3.63) is 0 Å². The van der Waals surface area contributed by atoms with Crippen LogP contribution in [0.2, 0.25) is 12.1 Å². The molecule has 0 saturated heterocycles. The van der Waals surface area contributed by atoms with Gasteiger partial charge in [0.1, 0.15) is 0 Å². The first-order chi connectivity index (χ1) is 8.24. The Bertz CT molecular complexity index is 159. The van der Waals surface area contributed by atoms with Crippen LogP contribution in [0.25, 0.3) is 0 Å². The van der Waals surface area contributed by atoms with Crippen molar-refractivity contribution >= 4 is 8.56 Å². The molecule has 0 aliphatic carbocycles. The van der Waals surface area contributed by atoms with Gasteiger partial charge in [0.2, 0.25) is 0 Å². The van der Waals surface area contributed by atoms with Crippen LogP contribution < -0.4 is 5.73 Å². The zero-order valence-corrected chi connectivity index (χ0v) is 13.0. The molecule has 1 atom stereocenters. The molecule has 0 aromatic heterocycles. The predicted molar refractivity (Wildman–Crippen MR) is 76.4 cm³/mol. The van der Waals surface area contributed by atoms with Gasteiger partial charge >= 0.3 is 8.56 Å². The molecule has 2 N–H and O–H groups in total. The van der Waals surface area contributed by atoms with Gasteiger partial charge in [-0.25, -0.2) is 0 Å². The molecule has 17 heavy (non-hydrogen) atoms. The molecule has 0 aromatic carbocycles. The second kappa shape index (κ2) is 11.2. The molecule has 0 rings (SSSR count). The number of rotatable bonds is 12. The van der Waals surface area contributed by atoms with Crippen LogP contribution in [0.3, 0.4) is 0 Å². The summed E-state index contributed by atoms with van der Waals surface area (Å²) >= 11 is 0. The summed E-state index contributed by atoms with van der Waals surface area (Å²) in [6.45, 7) is 6.03. The van der Waals surface area contributed by atoms with E-state index in [2.05, 4.69) is 13.8 Å². The maximum Gasteiger partial charge on any atom is 0.337 e. The van der Waals surface area contributed by atoms with Crippen molar-refractivity contribution in [2.45, 2.75) is 64.5 Å². The Balaban J connectivity index is 4.12. The molecule has 3 nitrogen and oxygen atoms in total. The average Bonchev–Trinajstić information content (AvgIpc) is 2.37. The van der Waals surface area contributed by atoms with Gasteiger partial charge in [-0.3, -0.25) is 0 Å². The van der Waals surface area contributed by atoms with E-state index < -0.39 is 8.56 Å². The topological polar surface area (TPSA) is 44.5 Å². The van der Waals surface area contributed by atoms with Gasteiger partial charge in [-0.15, -0.1) is 0 Å². The smallest absolute Gasteiger partial charge is 0.337 e. The van der Waals surface area contributed by atoms with E-state index in [1.165, 1.54) is 25.7 Å². The summed E-state index contributed by atoms with van der Waals surface area (Å²) in [7, 11) is -0.124. The molecular formula is C13H31NO2Si. The number of hydrogen-bond acceptors (Lipinski definition) is 3. The first-order valence-electron chi connectivity index (χ1n) is 7.13. The number of unbranched alkanes of at least 4 members (excludes halogenated alkanes) is 3. The van der Waals surface area contributed by atoms with Crippen LogP contribution in [-0.4, -0.2) is 28.8 Å². The molecule has 0 radical (unpaired) electrons. The van der Waals surface area contributed by atoms with Crippen molar-refractivity contribution in [3.63, 3.8) is 0 Å². The minimum Gasteiger partial charge on any atom is -0.398 e. The van der Waals surface area contributed by atoms with Gasteiger partial charge in [0.25, 0.3) is 0 Å². The molecule has 0 bridgehead atoms. The van der Waals surface area contributed by atoms with E-state index in [4.69, 9.17) is 14.6 Å². The maximum atomic E-state index is 6.15. The second-order valence-corrected chi connectivity index (χ2v) is 8.18. The van der Waals surface area contributed by atoms with Gasteiger partial charge in [0.05, 0.1) is 0 Å². The van der Waals surface area contributed by atoms with E-state index in [9.17, 15) is 0 Å². The summed E-state index contributed by atoms with van der Waals surface area (Å²) in [5.74, 6) is 0. The van der Waals surface area contributed by atoms with Crippen LogP contribution in [0.15, 0.2) is 0 Å². The molecule has 0 aliphatic heterocycles. The molecule has 0 saturated carbocycles. The first kappa shape index (κ1) is 17.1. The zero-order valence-electron chi connectivity index (χ0n) is 12.0. The van der Waals surface area contributed by atoms with E-state index >= 15 is 0 Å². The average molecular weight is 261 g/mol. The lowest BCUT2D eigenvalue weighted by Crippen LogP contribution is -2.41. The molecular weight excluding hydrogens is 230 g/mol. The SMILES string of the molecule is CCCCCO[Si](CCCC)(CCCN)OC. The fraction of sp³-hybridized carbons (Fsp3) is 1.00. The maximum absolute atomic E-state index is 6.15. The number of hydrogen-bond donors (Lipinski definition) is 1. The van der Waals surface area contributed by atoms with Crippen LogP contribution in [-0.2, 0) is 8.85 Å². The first-order valence-corrected chi connectivity index (χ1v) is 9.37. The van der Waals surface area contributed by atoms with E-state index in [0.29, 0.717) is 0 Å². The lowest BCUT2D eigenvalue weighted by Gasteiger charge is -2.29. The summed E-state index contributed by atoms with van der Waals surface area (Å²) in [4.78, 5) is 0. The zero-order chi connectivity index (χ0) is 13.0. The third kappa shape index (κ3) is 7.92. The van der Waals surface area contributed by atoms with Crippen LogP contribution in [0.5, 0.6) is 0 Å². The monoisotopic (exact) mass is 261 g/mol. The van der Waals surface area contributed by atoms with Gasteiger partial charge in [0, 0.05) is 13.7 Å². The molecule has 104 valence electrons. The third-order valence-electron chi connectivity index (χ3n) is 3.16. The van der Waals surface area contributed by atoms with E-state index in [1.54, 1.807) is 0 Å². The molecule has 0 aromatic rings. The highest BCUT2D eigenvalue weighted by molar-refractivity contribution is 6.67. The summed E-state index contributed by atoms with van der Waals surface area (Å²) < 4.78 is 11.9. The predicted octanol–water partition coefficient (Wildman–Crippen LogP) is 3.43. The largest absolute Gasteiger partial charge is 0.398 e. The lowest BCUT2D eigenvalue weighted by atomic mass is 10.3. The molecule has 0 aliphatic rings. The lowest BCUT2D eigenvalue weighted by molar-refractivity contribution is 0.192. The van der Waals surface area contributed by atoms with Crippen molar-refractivity contribution in [2.24, 2.45) is 5.73 Å². The van der Waals surface area contributed by atoms with E-state index in [1.807, 2.05) is 7.11 Å². The van der Waals surface area contributed by atoms with Crippen molar-refractivity contribution in [1.29, 1.82) is 0 Å². The standard InChI is InChI=1S/C13H31NO2Si/c1-4-6-8-11-16-17(15-3,12-7-5-2)13-9-10-14/h4-14H2,1-3H3. The van der Waals surface area contributed by atoms with Gasteiger partial charge in [0.15, 0.2) is 0 Å². The fourth-order valence-electron chi connectivity index (χ4n) is 1.96. The van der Waals surface area contributed by atoms with Gasteiger partial charge < -0.3 is 14.6 Å². The highest BCUT2D eigenvalue weighted by Crippen LogP contribution is 2.23. The van der Waals surface area contributed by atoms with E-state index in [-0.39, 0.29) is 0 Å². The summed E-state index contributed by atoms with van der Waals surface area (Å²) in [5, 5.41) is 0. The molecule has 0 fully saturated rings. The van der Waals surface area contributed by atoms with Crippen LogP contribution in [0.4, 0.5) is 0 Å². The van der Waals surface area contributed by atoms with Gasteiger partial charge in [-0.2, -0.15) is 0 Å². The Morgan fingerprint density at radius 1 is 0.941 bits per heavy atom. The Morgan fingerprint density at radius 2 is 1.59 bits per heavy atom. The molecule has 4 heteroatoms. The van der Waals surface area contributed by atoms with Crippen molar-refractivity contribution in [1.82, 2.24) is 0 Å². The third-order valence-corrected chi connectivity index (χ3v) is 6.86. The summed E-state index contributed by atoms with van der Waals surface area (Å²) in [6, 6.07) is 2.16. The Hall–Kier alpha value is 0.0969. The second-order valence-electron chi connectivity index (χ2n) is 4.67. The van der Waals surface area contributed by atoms with Crippen molar-refractivity contribution in [2.75, 3.05) is 20.3 Å². The summed E-state index contributed by atoms with van der Waals surface area (Å²) in [6.07, 6.45) is 7.08. The molecule has 0 amide bonds. The highest BCUT2D eigenvalue weighted by atomic mass is 28.4. The highest BCUT2D eigenvalue weighted by Gasteiger charge is 2.34. The van der Waals surface area contributed by atoms with Gasteiger partial charge in [-0.1, -0.05) is 39.5 Å².